The molecular weight excluding hydrogens is 332 g/mol. The van der Waals surface area contributed by atoms with E-state index in [0.717, 1.165) is 17.0 Å². The first-order chi connectivity index (χ1) is 12.5. The van der Waals surface area contributed by atoms with Gasteiger partial charge in [0.25, 0.3) is 5.91 Å². The Kier molecular flexibility index (Phi) is 5.42. The van der Waals surface area contributed by atoms with E-state index in [1.807, 2.05) is 35.8 Å². The van der Waals surface area contributed by atoms with Crippen LogP contribution in [0.3, 0.4) is 0 Å². The van der Waals surface area contributed by atoms with Gasteiger partial charge in [-0.2, -0.15) is 0 Å². The predicted molar refractivity (Wildman–Crippen MR) is 98.9 cm³/mol. The Morgan fingerprint density at radius 2 is 2.12 bits per heavy atom. The van der Waals surface area contributed by atoms with E-state index < -0.39 is 0 Å². The Morgan fingerprint density at radius 3 is 2.85 bits per heavy atom. The molecule has 1 aromatic carbocycles. The van der Waals surface area contributed by atoms with Gasteiger partial charge in [0.05, 0.1) is 13.2 Å². The third-order valence-electron chi connectivity index (χ3n) is 4.83. The van der Waals surface area contributed by atoms with Gasteiger partial charge in [-0.1, -0.05) is 25.1 Å². The molecular formula is C20H24N2O4. The summed E-state index contributed by atoms with van der Waals surface area (Å²) >= 11 is 0. The van der Waals surface area contributed by atoms with Crippen molar-refractivity contribution < 1.29 is 14.3 Å². The van der Waals surface area contributed by atoms with Gasteiger partial charge in [0.1, 0.15) is 17.4 Å². The highest BCUT2D eigenvalue weighted by atomic mass is 16.5. The first-order valence-electron chi connectivity index (χ1n) is 8.75. The van der Waals surface area contributed by atoms with Crippen molar-refractivity contribution in [1.82, 2.24) is 9.88 Å². The van der Waals surface area contributed by atoms with Gasteiger partial charge in [0.15, 0.2) is 5.43 Å². The van der Waals surface area contributed by atoms with E-state index in [0.29, 0.717) is 19.7 Å². The number of methoxy groups -OCH3 is 1. The lowest BCUT2D eigenvalue weighted by molar-refractivity contribution is 0.0926. The molecule has 0 fully saturated rings. The second-order valence-electron chi connectivity index (χ2n) is 6.57. The van der Waals surface area contributed by atoms with E-state index in [9.17, 15) is 9.59 Å². The maximum Gasteiger partial charge on any atom is 0.256 e. The van der Waals surface area contributed by atoms with Gasteiger partial charge in [-0.05, 0) is 13.0 Å². The minimum Gasteiger partial charge on any atom is -0.488 e. The highest BCUT2D eigenvalue weighted by molar-refractivity contribution is 5.93. The van der Waals surface area contributed by atoms with Crippen LogP contribution < -0.4 is 15.5 Å². The molecule has 3 rings (SSSR count). The van der Waals surface area contributed by atoms with Crippen molar-refractivity contribution in [2.75, 3.05) is 20.3 Å². The van der Waals surface area contributed by atoms with Crippen molar-refractivity contribution in [1.29, 1.82) is 0 Å². The Balaban J connectivity index is 1.68. The van der Waals surface area contributed by atoms with Crippen molar-refractivity contribution in [3.63, 3.8) is 0 Å². The normalized spacial score (nSPS) is 18.3. The number of aromatic nitrogens is 1. The first-order valence-corrected chi connectivity index (χ1v) is 8.75. The fraction of sp³-hybridized carbons (Fsp3) is 0.400. The van der Waals surface area contributed by atoms with E-state index in [4.69, 9.17) is 9.47 Å². The molecule has 1 aliphatic rings. The highest BCUT2D eigenvalue weighted by Crippen LogP contribution is 2.37. The van der Waals surface area contributed by atoms with Crippen molar-refractivity contribution in [3.05, 3.63) is 63.6 Å². The van der Waals surface area contributed by atoms with Crippen molar-refractivity contribution in [2.45, 2.75) is 32.4 Å². The molecule has 0 saturated carbocycles. The lowest BCUT2D eigenvalue weighted by Crippen LogP contribution is -2.38. The maximum absolute atomic E-state index is 12.5. The molecule has 0 spiro atoms. The van der Waals surface area contributed by atoms with Crippen LogP contribution in [0, 0.1) is 6.92 Å². The molecule has 2 aromatic rings. The van der Waals surface area contributed by atoms with Gasteiger partial charge in [-0.3, -0.25) is 9.59 Å². The van der Waals surface area contributed by atoms with Crippen LogP contribution >= 0.6 is 0 Å². The third-order valence-corrected chi connectivity index (χ3v) is 4.83. The van der Waals surface area contributed by atoms with Gasteiger partial charge < -0.3 is 19.4 Å². The Morgan fingerprint density at radius 1 is 1.35 bits per heavy atom. The highest BCUT2D eigenvalue weighted by Gasteiger charge is 2.30. The molecule has 1 aromatic heterocycles. The minimum atomic E-state index is -0.382. The van der Waals surface area contributed by atoms with Crippen LogP contribution in [0.25, 0.3) is 0 Å². The van der Waals surface area contributed by atoms with Crippen LogP contribution in [0.2, 0.25) is 0 Å². The zero-order valence-corrected chi connectivity index (χ0v) is 15.3. The number of carbonyl (C=O) groups is 1. The summed E-state index contributed by atoms with van der Waals surface area (Å²) in [7, 11) is 1.62. The Hall–Kier alpha value is -2.60. The van der Waals surface area contributed by atoms with Crippen LogP contribution in [0.5, 0.6) is 5.75 Å². The van der Waals surface area contributed by atoms with E-state index in [1.165, 1.54) is 6.07 Å². The number of hydrogen-bond donors (Lipinski definition) is 1. The standard InChI is InChI=1S/C20H24N2O4/c1-13-10-17(23)16(12-22(13)8-9-25-3)20(24)21-11-19-14(2)15-6-4-5-7-18(15)26-19/h4-7,10,12,14,19H,8-9,11H2,1-3H3,(H,21,24)/t14-,19-/m1/s1. The number of aryl methyl sites for hydroxylation is 1. The molecule has 1 amide bonds. The largest absolute Gasteiger partial charge is 0.488 e. The number of carbonyl (C=O) groups excluding carboxylic acids is 1. The summed E-state index contributed by atoms with van der Waals surface area (Å²) in [6.45, 7) is 5.35. The molecule has 6 heteroatoms. The summed E-state index contributed by atoms with van der Waals surface area (Å²) in [5.41, 5.74) is 1.79. The molecule has 1 aliphatic heterocycles. The maximum atomic E-state index is 12.5. The van der Waals surface area contributed by atoms with Gasteiger partial charge >= 0.3 is 0 Å². The quantitative estimate of drug-likeness (QED) is 0.861. The Labute approximate surface area is 152 Å². The number of benzene rings is 1. The van der Waals surface area contributed by atoms with Gasteiger partial charge in [0, 0.05) is 43.1 Å². The summed E-state index contributed by atoms with van der Waals surface area (Å²) in [4.78, 5) is 24.7. The molecule has 0 bridgehead atoms. The lowest BCUT2D eigenvalue weighted by Gasteiger charge is -2.17. The van der Waals surface area contributed by atoms with Crippen molar-refractivity contribution >= 4 is 5.91 Å². The van der Waals surface area contributed by atoms with E-state index >= 15 is 0 Å². The van der Waals surface area contributed by atoms with Crippen LogP contribution in [0.4, 0.5) is 0 Å². The number of ether oxygens (including phenoxy) is 2. The zero-order valence-electron chi connectivity index (χ0n) is 15.3. The molecule has 2 heterocycles. The summed E-state index contributed by atoms with van der Waals surface area (Å²) in [6.07, 6.45) is 1.46. The summed E-state index contributed by atoms with van der Waals surface area (Å²) in [6, 6.07) is 9.36. The van der Waals surface area contributed by atoms with Crippen molar-refractivity contribution in [2.24, 2.45) is 0 Å². The number of nitrogens with zero attached hydrogens (tertiary/aromatic N) is 1. The van der Waals surface area contributed by atoms with Crippen LogP contribution in [0.1, 0.15) is 34.5 Å². The van der Waals surface area contributed by atoms with E-state index in [1.54, 1.807) is 13.3 Å². The number of para-hydroxylation sites is 1. The number of nitrogens with one attached hydrogen (secondary N) is 1. The monoisotopic (exact) mass is 356 g/mol. The second kappa shape index (κ2) is 7.74. The summed E-state index contributed by atoms with van der Waals surface area (Å²) in [5.74, 6) is 0.660. The Bertz CT molecular complexity index is 859. The first kappa shape index (κ1) is 18.2. The van der Waals surface area contributed by atoms with Gasteiger partial charge in [0.2, 0.25) is 0 Å². The van der Waals surface area contributed by atoms with Crippen molar-refractivity contribution in [3.8, 4) is 5.75 Å². The van der Waals surface area contributed by atoms with Gasteiger partial charge in [-0.15, -0.1) is 0 Å². The lowest BCUT2D eigenvalue weighted by atomic mass is 9.97. The summed E-state index contributed by atoms with van der Waals surface area (Å²) in [5, 5.41) is 2.84. The molecule has 6 nitrogen and oxygen atoms in total. The van der Waals surface area contributed by atoms with Gasteiger partial charge in [-0.25, -0.2) is 0 Å². The molecule has 1 N–H and O–H groups in total. The SMILES string of the molecule is COCCn1cc(C(=O)NC[C@H]2Oc3ccccc3[C@H]2C)c(=O)cc1C. The number of hydrogen-bond acceptors (Lipinski definition) is 4. The minimum absolute atomic E-state index is 0.134. The predicted octanol–water partition coefficient (Wildman–Crippen LogP) is 2.10. The average Bonchev–Trinajstić information content (AvgIpc) is 2.95. The fourth-order valence-corrected chi connectivity index (χ4v) is 3.21. The van der Waals surface area contributed by atoms with Crippen LogP contribution in [0.15, 0.2) is 41.3 Å². The molecule has 0 aliphatic carbocycles. The molecule has 0 saturated heterocycles. The second-order valence-corrected chi connectivity index (χ2v) is 6.57. The molecule has 0 unspecified atom stereocenters. The van der Waals surface area contributed by atoms with E-state index in [2.05, 4.69) is 12.2 Å². The summed E-state index contributed by atoms with van der Waals surface area (Å²) < 4.78 is 12.8. The van der Waals surface area contributed by atoms with Crippen LogP contribution in [-0.4, -0.2) is 36.8 Å². The van der Waals surface area contributed by atoms with E-state index in [-0.39, 0.29) is 28.9 Å². The number of amides is 1. The molecule has 26 heavy (non-hydrogen) atoms. The molecule has 2 atom stereocenters. The van der Waals surface area contributed by atoms with Crippen LogP contribution in [-0.2, 0) is 11.3 Å². The average molecular weight is 356 g/mol. The third kappa shape index (κ3) is 3.65. The zero-order chi connectivity index (χ0) is 18.7. The topological polar surface area (TPSA) is 69.6 Å². The fourth-order valence-electron chi connectivity index (χ4n) is 3.21. The molecule has 138 valence electrons. The smallest absolute Gasteiger partial charge is 0.256 e. The number of rotatable bonds is 6. The molecule has 0 radical (unpaired) electrons. The number of pyridine rings is 1. The number of fused-ring (bicyclic) bond motifs is 1.